The molecule has 0 spiro atoms. The molecule has 1 aliphatic rings. The Morgan fingerprint density at radius 1 is 0.897 bits per heavy atom. The monoisotopic (exact) mass is 382 g/mol. The predicted octanol–water partition coefficient (Wildman–Crippen LogP) is 6.18. The van der Waals surface area contributed by atoms with E-state index in [-0.39, 0.29) is 5.41 Å². The highest BCUT2D eigenvalue weighted by molar-refractivity contribution is 5.83. The van der Waals surface area contributed by atoms with Crippen LogP contribution in [0.4, 0.5) is 0 Å². The molecule has 0 saturated carbocycles. The fraction of sp³-hybridized carbons (Fsp3) is 0.222. The first-order chi connectivity index (χ1) is 13.9. The highest BCUT2D eigenvalue weighted by atomic mass is 16.5. The van der Waals surface area contributed by atoms with E-state index in [1.165, 1.54) is 45.0 Å². The van der Waals surface area contributed by atoms with Gasteiger partial charge in [0.15, 0.2) is 0 Å². The van der Waals surface area contributed by atoms with Gasteiger partial charge in [0, 0.05) is 11.5 Å². The SMILES string of the molecule is C=CC(=O)Oc1ccc(CCc2ccc3c(c2)C(C)(C)c2cc(C)ccc2-3)cc1. The van der Waals surface area contributed by atoms with E-state index in [0.29, 0.717) is 5.75 Å². The molecule has 146 valence electrons. The van der Waals surface area contributed by atoms with E-state index in [0.717, 1.165) is 12.8 Å². The Bertz CT molecular complexity index is 1090. The van der Waals surface area contributed by atoms with Crippen molar-refractivity contribution in [3.63, 3.8) is 0 Å². The number of hydrogen-bond donors (Lipinski definition) is 0. The second-order valence-corrected chi connectivity index (χ2v) is 8.32. The van der Waals surface area contributed by atoms with Crippen molar-refractivity contribution in [1.82, 2.24) is 0 Å². The summed E-state index contributed by atoms with van der Waals surface area (Å²) in [6.07, 6.45) is 3.09. The summed E-state index contributed by atoms with van der Waals surface area (Å²) in [5.74, 6) is 0.112. The average molecular weight is 383 g/mol. The summed E-state index contributed by atoms with van der Waals surface area (Å²) in [5.41, 5.74) is 9.49. The molecule has 2 nitrogen and oxygen atoms in total. The fourth-order valence-corrected chi connectivity index (χ4v) is 4.22. The van der Waals surface area contributed by atoms with Crippen LogP contribution in [-0.2, 0) is 23.1 Å². The molecule has 3 aromatic carbocycles. The number of fused-ring (bicyclic) bond motifs is 3. The first-order valence-corrected chi connectivity index (χ1v) is 10.1. The van der Waals surface area contributed by atoms with E-state index in [4.69, 9.17) is 4.74 Å². The van der Waals surface area contributed by atoms with Crippen LogP contribution in [0.1, 0.15) is 41.7 Å². The second kappa shape index (κ2) is 7.36. The molecule has 0 unspecified atom stereocenters. The first-order valence-electron chi connectivity index (χ1n) is 10.1. The first kappa shape index (κ1) is 19.2. The molecule has 0 bridgehead atoms. The highest BCUT2D eigenvalue weighted by Gasteiger charge is 2.35. The molecule has 0 saturated heterocycles. The lowest BCUT2D eigenvalue weighted by Crippen LogP contribution is -2.15. The van der Waals surface area contributed by atoms with Gasteiger partial charge < -0.3 is 4.74 Å². The Kier molecular flexibility index (Phi) is 4.87. The zero-order chi connectivity index (χ0) is 20.6. The third-order valence-corrected chi connectivity index (χ3v) is 5.91. The van der Waals surface area contributed by atoms with Crippen molar-refractivity contribution in [2.45, 2.75) is 39.0 Å². The lowest BCUT2D eigenvalue weighted by atomic mass is 9.81. The van der Waals surface area contributed by atoms with Gasteiger partial charge in [-0.25, -0.2) is 4.79 Å². The van der Waals surface area contributed by atoms with Crippen LogP contribution in [0.25, 0.3) is 11.1 Å². The lowest BCUT2D eigenvalue weighted by molar-refractivity contribution is -0.128. The minimum atomic E-state index is -0.435. The van der Waals surface area contributed by atoms with E-state index >= 15 is 0 Å². The van der Waals surface area contributed by atoms with Gasteiger partial charge in [-0.2, -0.15) is 0 Å². The molecule has 0 amide bonds. The van der Waals surface area contributed by atoms with E-state index in [9.17, 15) is 4.79 Å². The average Bonchev–Trinajstić information content (AvgIpc) is 2.94. The van der Waals surface area contributed by atoms with Gasteiger partial charge in [0.2, 0.25) is 0 Å². The van der Waals surface area contributed by atoms with Crippen LogP contribution < -0.4 is 4.74 Å². The summed E-state index contributed by atoms with van der Waals surface area (Å²) < 4.78 is 5.14. The largest absolute Gasteiger partial charge is 0.423 e. The van der Waals surface area contributed by atoms with Gasteiger partial charge in [-0.3, -0.25) is 0 Å². The van der Waals surface area contributed by atoms with E-state index < -0.39 is 5.97 Å². The maximum Gasteiger partial charge on any atom is 0.335 e. The zero-order valence-corrected chi connectivity index (χ0v) is 17.3. The van der Waals surface area contributed by atoms with Crippen molar-refractivity contribution in [2.24, 2.45) is 0 Å². The van der Waals surface area contributed by atoms with Crippen LogP contribution in [0.3, 0.4) is 0 Å². The summed E-state index contributed by atoms with van der Waals surface area (Å²) in [7, 11) is 0. The number of carbonyl (C=O) groups is 1. The Morgan fingerprint density at radius 3 is 2.17 bits per heavy atom. The molecule has 4 rings (SSSR count). The lowest BCUT2D eigenvalue weighted by Gasteiger charge is -2.22. The van der Waals surface area contributed by atoms with Gasteiger partial charge >= 0.3 is 5.97 Å². The Hall–Kier alpha value is -3.13. The molecule has 0 aromatic heterocycles. The Morgan fingerprint density at radius 2 is 1.48 bits per heavy atom. The third-order valence-electron chi connectivity index (χ3n) is 5.91. The van der Waals surface area contributed by atoms with Gasteiger partial charge in [0.25, 0.3) is 0 Å². The molecule has 2 heteroatoms. The summed E-state index contributed by atoms with van der Waals surface area (Å²) >= 11 is 0. The maximum absolute atomic E-state index is 11.3. The van der Waals surface area contributed by atoms with Crippen LogP contribution in [0.15, 0.2) is 73.3 Å². The molecule has 0 N–H and O–H groups in total. The Labute approximate surface area is 172 Å². The van der Waals surface area contributed by atoms with Gasteiger partial charge in [-0.05, 0) is 65.3 Å². The number of benzene rings is 3. The predicted molar refractivity (Wildman–Crippen MR) is 118 cm³/mol. The van der Waals surface area contributed by atoms with Crippen molar-refractivity contribution in [1.29, 1.82) is 0 Å². The van der Waals surface area contributed by atoms with Crippen LogP contribution in [0.5, 0.6) is 5.75 Å². The molecular weight excluding hydrogens is 356 g/mol. The third kappa shape index (κ3) is 3.63. The van der Waals surface area contributed by atoms with Gasteiger partial charge in [0.1, 0.15) is 5.75 Å². The molecule has 29 heavy (non-hydrogen) atoms. The molecule has 0 radical (unpaired) electrons. The van der Waals surface area contributed by atoms with Crippen LogP contribution in [-0.4, -0.2) is 5.97 Å². The molecular formula is C27H26O2. The smallest absolute Gasteiger partial charge is 0.335 e. The Balaban J connectivity index is 1.51. The van der Waals surface area contributed by atoms with E-state index in [1.54, 1.807) is 0 Å². The van der Waals surface area contributed by atoms with Crippen molar-refractivity contribution in [3.8, 4) is 16.9 Å². The number of hydrogen-bond acceptors (Lipinski definition) is 2. The summed E-state index contributed by atoms with van der Waals surface area (Å²) in [6, 6.07) is 21.4. The molecule has 0 fully saturated rings. The standard InChI is InChI=1S/C27H26O2/c1-5-26(28)29-21-12-9-19(10-13-21)7-8-20-11-15-23-22-14-6-18(2)16-24(22)27(3,4)25(23)17-20/h5-6,9-17H,1,7-8H2,2-4H3. The molecule has 0 atom stereocenters. The molecule has 1 aliphatic carbocycles. The number of ether oxygens (including phenoxy) is 1. The number of esters is 1. The van der Waals surface area contributed by atoms with Gasteiger partial charge in [-0.1, -0.05) is 74.5 Å². The van der Waals surface area contributed by atoms with Crippen molar-refractivity contribution < 1.29 is 9.53 Å². The van der Waals surface area contributed by atoms with E-state index in [1.807, 2.05) is 24.3 Å². The van der Waals surface area contributed by atoms with Crippen LogP contribution in [0.2, 0.25) is 0 Å². The number of rotatable bonds is 5. The quantitative estimate of drug-likeness (QED) is 0.299. The zero-order valence-electron chi connectivity index (χ0n) is 17.3. The van der Waals surface area contributed by atoms with E-state index in [2.05, 4.69) is 63.7 Å². The summed E-state index contributed by atoms with van der Waals surface area (Å²) in [6.45, 7) is 10.2. The molecule has 3 aromatic rings. The fourth-order valence-electron chi connectivity index (χ4n) is 4.22. The minimum Gasteiger partial charge on any atom is -0.423 e. The van der Waals surface area contributed by atoms with Crippen LogP contribution in [0, 0.1) is 6.92 Å². The van der Waals surface area contributed by atoms with Crippen molar-refractivity contribution in [2.75, 3.05) is 0 Å². The van der Waals surface area contributed by atoms with Crippen LogP contribution >= 0.6 is 0 Å². The molecule has 0 aliphatic heterocycles. The summed E-state index contributed by atoms with van der Waals surface area (Å²) in [4.78, 5) is 11.3. The maximum atomic E-state index is 11.3. The topological polar surface area (TPSA) is 26.3 Å². The second-order valence-electron chi connectivity index (χ2n) is 8.32. The van der Waals surface area contributed by atoms with Crippen molar-refractivity contribution in [3.05, 3.63) is 101 Å². The normalized spacial score (nSPS) is 13.5. The molecule has 0 heterocycles. The van der Waals surface area contributed by atoms with Crippen molar-refractivity contribution >= 4 is 5.97 Å². The number of carbonyl (C=O) groups excluding carboxylic acids is 1. The van der Waals surface area contributed by atoms with Gasteiger partial charge in [0.05, 0.1) is 0 Å². The summed E-state index contributed by atoms with van der Waals surface area (Å²) in [5, 5.41) is 0. The van der Waals surface area contributed by atoms with Gasteiger partial charge in [-0.15, -0.1) is 0 Å². The number of aryl methyl sites for hydroxylation is 3. The minimum absolute atomic E-state index is 0.0311. The highest BCUT2D eigenvalue weighted by Crippen LogP contribution is 2.49.